The lowest BCUT2D eigenvalue weighted by Crippen LogP contribution is -2.27. The number of amides is 1. The van der Waals surface area contributed by atoms with Crippen molar-refractivity contribution in [3.05, 3.63) is 62.5 Å². The average Bonchev–Trinajstić information content (AvgIpc) is 3.18. The van der Waals surface area contributed by atoms with Gasteiger partial charge in [0.05, 0.1) is 27.1 Å². The maximum Gasteiger partial charge on any atom is 0.280 e. The van der Waals surface area contributed by atoms with Gasteiger partial charge in [0.2, 0.25) is 6.79 Å². The van der Waals surface area contributed by atoms with Crippen LogP contribution in [0.15, 0.2) is 41.3 Å². The molecule has 1 amide bonds. The number of ether oxygens (including phenoxy) is 2. The van der Waals surface area contributed by atoms with Gasteiger partial charge < -0.3 is 9.47 Å². The fraction of sp³-hybridized carbons (Fsp3) is 0.111. The Morgan fingerprint density at radius 3 is 2.70 bits per heavy atom. The highest BCUT2D eigenvalue weighted by molar-refractivity contribution is 8.27. The third kappa shape index (κ3) is 3.15. The van der Waals surface area contributed by atoms with Crippen LogP contribution in [0.3, 0.4) is 0 Å². The van der Waals surface area contributed by atoms with E-state index in [-0.39, 0.29) is 24.0 Å². The van der Waals surface area contributed by atoms with Crippen molar-refractivity contribution in [2.24, 2.45) is 0 Å². The predicted octanol–water partition coefficient (Wildman–Crippen LogP) is 4.04. The zero-order chi connectivity index (χ0) is 19.1. The van der Waals surface area contributed by atoms with Crippen LogP contribution in [0.4, 0.5) is 11.4 Å². The van der Waals surface area contributed by atoms with Crippen LogP contribution >= 0.6 is 24.0 Å². The Kier molecular flexibility index (Phi) is 4.33. The fourth-order valence-electron chi connectivity index (χ4n) is 2.82. The van der Waals surface area contributed by atoms with Gasteiger partial charge >= 0.3 is 0 Å². The Morgan fingerprint density at radius 1 is 1.26 bits per heavy atom. The number of anilines is 1. The predicted molar refractivity (Wildman–Crippen MR) is 106 cm³/mol. The normalized spacial score (nSPS) is 17.1. The van der Waals surface area contributed by atoms with Crippen LogP contribution in [0.1, 0.15) is 11.1 Å². The number of thiocarbonyl (C=S) groups is 1. The Bertz CT molecular complexity index is 1030. The van der Waals surface area contributed by atoms with E-state index in [0.29, 0.717) is 26.4 Å². The Morgan fingerprint density at radius 2 is 2.00 bits per heavy atom. The highest BCUT2D eigenvalue weighted by Crippen LogP contribution is 2.41. The molecule has 136 valence electrons. The van der Waals surface area contributed by atoms with Gasteiger partial charge in [-0.3, -0.25) is 19.8 Å². The van der Waals surface area contributed by atoms with E-state index in [1.807, 2.05) is 25.1 Å². The molecule has 1 saturated heterocycles. The van der Waals surface area contributed by atoms with E-state index in [0.717, 1.165) is 17.3 Å². The first kappa shape index (κ1) is 17.5. The van der Waals surface area contributed by atoms with Crippen LogP contribution < -0.4 is 14.4 Å². The number of hydrogen-bond donors (Lipinski definition) is 0. The molecule has 0 aromatic heterocycles. The number of nitro groups is 1. The van der Waals surface area contributed by atoms with Crippen molar-refractivity contribution in [2.45, 2.75) is 6.92 Å². The van der Waals surface area contributed by atoms with Crippen LogP contribution in [-0.2, 0) is 4.79 Å². The minimum Gasteiger partial charge on any atom is -0.454 e. The van der Waals surface area contributed by atoms with E-state index >= 15 is 0 Å². The molecular formula is C18H12N2O5S2. The Hall–Kier alpha value is -2.91. The van der Waals surface area contributed by atoms with Crippen molar-refractivity contribution in [3.63, 3.8) is 0 Å². The topological polar surface area (TPSA) is 81.9 Å². The number of nitro benzene ring substituents is 1. The quantitative estimate of drug-likeness (QED) is 0.333. The van der Waals surface area contributed by atoms with Crippen molar-refractivity contribution in [1.82, 2.24) is 0 Å². The van der Waals surface area contributed by atoms with Crippen LogP contribution in [0, 0.1) is 17.0 Å². The summed E-state index contributed by atoms with van der Waals surface area (Å²) in [6, 6.07) is 10.2. The summed E-state index contributed by atoms with van der Waals surface area (Å²) < 4.78 is 10.9. The van der Waals surface area contributed by atoms with Crippen molar-refractivity contribution < 1.29 is 19.2 Å². The first-order valence-corrected chi connectivity index (χ1v) is 9.09. The summed E-state index contributed by atoms with van der Waals surface area (Å²) in [6.07, 6.45) is 1.47. The number of carbonyl (C=O) groups excluding carboxylic acids is 1. The highest BCUT2D eigenvalue weighted by atomic mass is 32.2. The molecule has 7 nitrogen and oxygen atoms in total. The summed E-state index contributed by atoms with van der Waals surface area (Å²) in [6.45, 7) is 1.93. The summed E-state index contributed by atoms with van der Waals surface area (Å²) in [7, 11) is 0. The molecule has 2 aromatic rings. The molecule has 2 aromatic carbocycles. The Labute approximate surface area is 163 Å². The molecule has 0 aliphatic carbocycles. The van der Waals surface area contributed by atoms with E-state index in [1.165, 1.54) is 23.1 Å². The second-order valence-electron chi connectivity index (χ2n) is 5.88. The lowest BCUT2D eigenvalue weighted by atomic mass is 10.1. The Balaban J connectivity index is 1.74. The second kappa shape index (κ2) is 6.67. The van der Waals surface area contributed by atoms with Crippen molar-refractivity contribution in [3.8, 4) is 11.5 Å². The molecule has 27 heavy (non-hydrogen) atoms. The number of fused-ring (bicyclic) bond motifs is 1. The summed E-state index contributed by atoms with van der Waals surface area (Å²) in [5.41, 5.74) is 1.76. The lowest BCUT2D eigenvalue weighted by molar-refractivity contribution is -0.385. The van der Waals surface area contributed by atoms with E-state index in [2.05, 4.69) is 0 Å². The molecule has 2 heterocycles. The maximum absolute atomic E-state index is 12.9. The van der Waals surface area contributed by atoms with Crippen molar-refractivity contribution in [1.29, 1.82) is 0 Å². The van der Waals surface area contributed by atoms with Gasteiger partial charge in [0.15, 0.2) is 15.8 Å². The first-order chi connectivity index (χ1) is 12.9. The summed E-state index contributed by atoms with van der Waals surface area (Å²) in [4.78, 5) is 25.5. The molecule has 0 saturated carbocycles. The van der Waals surface area contributed by atoms with Gasteiger partial charge in [-0.1, -0.05) is 36.1 Å². The smallest absolute Gasteiger partial charge is 0.280 e. The highest BCUT2D eigenvalue weighted by Gasteiger charge is 2.34. The minimum absolute atomic E-state index is 0.00537. The molecule has 0 spiro atoms. The largest absolute Gasteiger partial charge is 0.454 e. The standard InChI is InChI=1S/C18H12N2O5S2/c1-10-3-2-4-12(5-10)19-17(21)16(27-18(19)26)7-11-6-14-15(25-9-24-14)8-13(11)20(22)23/h2-8H,9H2,1H3/b16-7+. The van der Waals surface area contributed by atoms with Crippen molar-refractivity contribution in [2.75, 3.05) is 11.7 Å². The number of thioether (sulfide) groups is 1. The molecule has 0 unspecified atom stereocenters. The van der Waals surface area contributed by atoms with Gasteiger partial charge in [-0.05, 0) is 36.8 Å². The van der Waals surface area contributed by atoms with Gasteiger partial charge in [0.25, 0.3) is 11.6 Å². The number of benzene rings is 2. The number of carbonyl (C=O) groups is 1. The second-order valence-corrected chi connectivity index (χ2v) is 7.55. The monoisotopic (exact) mass is 400 g/mol. The average molecular weight is 400 g/mol. The van der Waals surface area contributed by atoms with Gasteiger partial charge in [0.1, 0.15) is 0 Å². The fourth-order valence-corrected chi connectivity index (χ4v) is 4.11. The van der Waals surface area contributed by atoms with Gasteiger partial charge in [0, 0.05) is 0 Å². The zero-order valence-electron chi connectivity index (χ0n) is 14.0. The molecule has 0 atom stereocenters. The van der Waals surface area contributed by atoms with Gasteiger partial charge in [-0.15, -0.1) is 0 Å². The molecular weight excluding hydrogens is 388 g/mol. The van der Waals surface area contributed by atoms with Crippen molar-refractivity contribution >= 4 is 51.7 Å². The number of hydrogen-bond acceptors (Lipinski definition) is 7. The van der Waals surface area contributed by atoms with E-state index in [9.17, 15) is 14.9 Å². The molecule has 9 heteroatoms. The molecule has 0 N–H and O–H groups in total. The third-order valence-electron chi connectivity index (χ3n) is 4.06. The summed E-state index contributed by atoms with van der Waals surface area (Å²) in [5.74, 6) is 0.398. The molecule has 4 rings (SSSR count). The van der Waals surface area contributed by atoms with Crippen LogP contribution in [0.25, 0.3) is 6.08 Å². The van der Waals surface area contributed by atoms with Crippen LogP contribution in [0.2, 0.25) is 0 Å². The zero-order valence-corrected chi connectivity index (χ0v) is 15.6. The lowest BCUT2D eigenvalue weighted by Gasteiger charge is -2.14. The maximum atomic E-state index is 12.9. The SMILES string of the molecule is Cc1cccc(N2C(=O)/C(=C\c3cc4c(cc3[N+](=O)[O-])OCO4)SC2=S)c1. The number of aryl methyl sites for hydroxylation is 1. The summed E-state index contributed by atoms with van der Waals surface area (Å²) >= 11 is 6.45. The third-order valence-corrected chi connectivity index (χ3v) is 5.36. The molecule has 2 aliphatic heterocycles. The molecule has 2 aliphatic rings. The molecule has 1 fully saturated rings. The minimum atomic E-state index is -0.519. The van der Waals surface area contributed by atoms with Gasteiger partial charge in [-0.2, -0.15) is 0 Å². The van der Waals surface area contributed by atoms with E-state index in [1.54, 1.807) is 6.07 Å². The van der Waals surface area contributed by atoms with Crippen LogP contribution in [-0.4, -0.2) is 21.9 Å². The molecule has 0 radical (unpaired) electrons. The van der Waals surface area contributed by atoms with E-state index < -0.39 is 4.92 Å². The summed E-state index contributed by atoms with van der Waals surface area (Å²) in [5, 5.41) is 11.4. The van der Waals surface area contributed by atoms with Crippen LogP contribution in [0.5, 0.6) is 11.5 Å². The van der Waals surface area contributed by atoms with Gasteiger partial charge in [-0.25, -0.2) is 0 Å². The number of nitrogens with zero attached hydrogens (tertiary/aromatic N) is 2. The van der Waals surface area contributed by atoms with E-state index in [4.69, 9.17) is 21.7 Å². The molecule has 0 bridgehead atoms. The number of rotatable bonds is 3. The first-order valence-electron chi connectivity index (χ1n) is 7.87.